The molecule has 1 aliphatic rings. The molecule has 1 aromatic heterocycles. The van der Waals surface area contributed by atoms with Crippen molar-refractivity contribution in [3.05, 3.63) is 22.7 Å². The number of rotatable bonds is 2. The number of aromatic nitrogens is 3. The molecule has 0 spiro atoms. The van der Waals surface area contributed by atoms with Gasteiger partial charge in [-0.05, 0) is 35.1 Å². The zero-order chi connectivity index (χ0) is 11.1. The lowest BCUT2D eigenvalue weighted by Crippen LogP contribution is -2.45. The second-order valence-electron chi connectivity index (χ2n) is 4.47. The van der Waals surface area contributed by atoms with Crippen LogP contribution < -0.4 is 0 Å². The highest BCUT2D eigenvalue weighted by Crippen LogP contribution is 2.23. The van der Waals surface area contributed by atoms with E-state index in [1.807, 2.05) is 16.8 Å². The van der Waals surface area contributed by atoms with Crippen LogP contribution in [0.5, 0.6) is 0 Å². The molecule has 84 valence electrons. The first-order chi connectivity index (χ1) is 7.74. The lowest BCUT2D eigenvalue weighted by Gasteiger charge is -2.35. The van der Waals surface area contributed by atoms with Crippen LogP contribution in [0.25, 0.3) is 11.0 Å². The fourth-order valence-corrected chi connectivity index (χ4v) is 2.72. The molecular formula is C11H13BrN4. The van der Waals surface area contributed by atoms with Gasteiger partial charge in [0.05, 0.1) is 5.52 Å². The van der Waals surface area contributed by atoms with Gasteiger partial charge >= 0.3 is 0 Å². The monoisotopic (exact) mass is 280 g/mol. The molecule has 0 N–H and O–H groups in total. The maximum Gasteiger partial charge on any atom is 0.127 e. The number of likely N-dealkylation sites (tertiary alicyclic amines) is 1. The SMILES string of the molecule is CN1CC(Cn2nnc3c(Br)cccc32)C1. The van der Waals surface area contributed by atoms with Gasteiger partial charge in [0.25, 0.3) is 0 Å². The Morgan fingerprint density at radius 2 is 2.25 bits per heavy atom. The highest BCUT2D eigenvalue weighted by atomic mass is 79.9. The average molecular weight is 281 g/mol. The van der Waals surface area contributed by atoms with Gasteiger partial charge < -0.3 is 4.90 Å². The maximum atomic E-state index is 4.22. The van der Waals surface area contributed by atoms with Crippen LogP contribution >= 0.6 is 15.9 Å². The quantitative estimate of drug-likeness (QED) is 0.841. The number of benzene rings is 1. The molecule has 0 radical (unpaired) electrons. The van der Waals surface area contributed by atoms with Gasteiger partial charge in [0.15, 0.2) is 0 Å². The Bertz CT molecular complexity index is 516. The van der Waals surface area contributed by atoms with Gasteiger partial charge in [-0.25, -0.2) is 4.68 Å². The van der Waals surface area contributed by atoms with Gasteiger partial charge in [-0.2, -0.15) is 0 Å². The van der Waals surface area contributed by atoms with E-state index in [9.17, 15) is 0 Å². The Hall–Kier alpha value is -0.940. The Morgan fingerprint density at radius 3 is 3.00 bits per heavy atom. The van der Waals surface area contributed by atoms with E-state index in [-0.39, 0.29) is 0 Å². The average Bonchev–Trinajstić information content (AvgIpc) is 2.61. The molecule has 0 amide bonds. The summed E-state index contributed by atoms with van der Waals surface area (Å²) in [6, 6.07) is 6.10. The molecule has 1 fully saturated rings. The summed E-state index contributed by atoms with van der Waals surface area (Å²) in [5.41, 5.74) is 2.07. The maximum absolute atomic E-state index is 4.22. The zero-order valence-corrected chi connectivity index (χ0v) is 10.7. The van der Waals surface area contributed by atoms with E-state index in [0.717, 1.165) is 35.1 Å². The molecule has 4 nitrogen and oxygen atoms in total. The summed E-state index contributed by atoms with van der Waals surface area (Å²) in [7, 11) is 2.15. The van der Waals surface area contributed by atoms with E-state index in [0.29, 0.717) is 5.92 Å². The molecule has 1 saturated heterocycles. The fraction of sp³-hybridized carbons (Fsp3) is 0.455. The van der Waals surface area contributed by atoms with E-state index in [1.54, 1.807) is 0 Å². The van der Waals surface area contributed by atoms with Gasteiger partial charge in [0, 0.05) is 30.0 Å². The molecule has 3 rings (SSSR count). The van der Waals surface area contributed by atoms with Crippen molar-refractivity contribution < 1.29 is 0 Å². The molecule has 0 unspecified atom stereocenters. The minimum Gasteiger partial charge on any atom is -0.306 e. The van der Waals surface area contributed by atoms with E-state index < -0.39 is 0 Å². The molecule has 2 heterocycles. The van der Waals surface area contributed by atoms with Crippen molar-refractivity contribution in [1.29, 1.82) is 0 Å². The number of fused-ring (bicyclic) bond motifs is 1. The number of hydrogen-bond donors (Lipinski definition) is 0. The first-order valence-corrected chi connectivity index (χ1v) is 6.19. The summed E-state index contributed by atoms with van der Waals surface area (Å²) in [4.78, 5) is 2.32. The molecule has 0 aliphatic carbocycles. The molecule has 0 saturated carbocycles. The van der Waals surface area contributed by atoms with Crippen molar-refractivity contribution >= 4 is 27.0 Å². The third-order valence-corrected chi connectivity index (χ3v) is 3.71. The summed E-state index contributed by atoms with van der Waals surface area (Å²) >= 11 is 3.49. The Balaban J connectivity index is 1.90. The van der Waals surface area contributed by atoms with E-state index in [2.05, 4.69) is 44.3 Å². The minimum atomic E-state index is 0.717. The van der Waals surface area contributed by atoms with Crippen molar-refractivity contribution in [3.8, 4) is 0 Å². The number of halogens is 1. The van der Waals surface area contributed by atoms with Crippen molar-refractivity contribution in [2.75, 3.05) is 20.1 Å². The largest absolute Gasteiger partial charge is 0.306 e. The van der Waals surface area contributed by atoms with E-state index in [1.165, 1.54) is 0 Å². The highest BCUT2D eigenvalue weighted by molar-refractivity contribution is 9.10. The Morgan fingerprint density at radius 1 is 1.44 bits per heavy atom. The molecule has 5 heteroatoms. The Labute approximate surface area is 102 Å². The first-order valence-electron chi connectivity index (χ1n) is 5.40. The second-order valence-corrected chi connectivity index (χ2v) is 5.32. The molecule has 2 aromatic rings. The van der Waals surface area contributed by atoms with E-state index in [4.69, 9.17) is 0 Å². The van der Waals surface area contributed by atoms with E-state index >= 15 is 0 Å². The van der Waals surface area contributed by atoms with Crippen molar-refractivity contribution in [1.82, 2.24) is 19.9 Å². The summed E-state index contributed by atoms with van der Waals surface area (Å²) in [5, 5.41) is 8.42. The Kier molecular flexibility index (Phi) is 2.44. The zero-order valence-electron chi connectivity index (χ0n) is 9.10. The van der Waals surface area contributed by atoms with Crippen molar-refractivity contribution in [2.45, 2.75) is 6.54 Å². The molecular weight excluding hydrogens is 268 g/mol. The predicted molar refractivity (Wildman–Crippen MR) is 66.2 cm³/mol. The molecule has 16 heavy (non-hydrogen) atoms. The molecule has 1 aliphatic heterocycles. The second kappa shape index (κ2) is 3.82. The standard InChI is InChI=1S/C11H13BrN4/c1-15-5-8(6-15)7-16-10-4-2-3-9(12)11(10)13-14-16/h2-4,8H,5-7H2,1H3. The molecule has 0 bridgehead atoms. The van der Waals surface area contributed by atoms with Gasteiger partial charge in [0.1, 0.15) is 5.52 Å². The lowest BCUT2D eigenvalue weighted by atomic mass is 10.0. The minimum absolute atomic E-state index is 0.717. The van der Waals surface area contributed by atoms with Gasteiger partial charge in [-0.3, -0.25) is 0 Å². The third-order valence-electron chi connectivity index (χ3n) is 3.07. The lowest BCUT2D eigenvalue weighted by molar-refractivity contribution is 0.116. The molecule has 0 atom stereocenters. The van der Waals surface area contributed by atoms with Crippen LogP contribution in [0.3, 0.4) is 0 Å². The predicted octanol–water partition coefficient (Wildman–Crippen LogP) is 1.76. The van der Waals surface area contributed by atoms with Crippen LogP contribution in [0.4, 0.5) is 0 Å². The van der Waals surface area contributed by atoms with Crippen LogP contribution in [0.2, 0.25) is 0 Å². The van der Waals surface area contributed by atoms with Crippen LogP contribution in [0, 0.1) is 5.92 Å². The number of hydrogen-bond acceptors (Lipinski definition) is 3. The van der Waals surface area contributed by atoms with Crippen LogP contribution in [-0.4, -0.2) is 40.0 Å². The van der Waals surface area contributed by atoms with Crippen molar-refractivity contribution in [2.24, 2.45) is 5.92 Å². The van der Waals surface area contributed by atoms with Gasteiger partial charge in [-0.15, -0.1) is 5.10 Å². The smallest absolute Gasteiger partial charge is 0.127 e. The summed E-state index contributed by atoms with van der Waals surface area (Å²) in [5.74, 6) is 0.717. The van der Waals surface area contributed by atoms with Crippen LogP contribution in [-0.2, 0) is 6.54 Å². The summed E-state index contributed by atoms with van der Waals surface area (Å²) < 4.78 is 3.03. The fourth-order valence-electron chi connectivity index (χ4n) is 2.28. The highest BCUT2D eigenvalue weighted by Gasteiger charge is 2.24. The summed E-state index contributed by atoms with van der Waals surface area (Å²) in [6.07, 6.45) is 0. The first kappa shape index (κ1) is 10.2. The third kappa shape index (κ3) is 1.64. The van der Waals surface area contributed by atoms with Gasteiger partial charge in [-0.1, -0.05) is 11.3 Å². The molecule has 1 aromatic carbocycles. The summed E-state index contributed by atoms with van der Waals surface area (Å²) in [6.45, 7) is 3.29. The van der Waals surface area contributed by atoms with Gasteiger partial charge in [0.2, 0.25) is 0 Å². The van der Waals surface area contributed by atoms with Crippen LogP contribution in [0.15, 0.2) is 22.7 Å². The topological polar surface area (TPSA) is 34.0 Å². The van der Waals surface area contributed by atoms with Crippen molar-refractivity contribution in [3.63, 3.8) is 0 Å². The van der Waals surface area contributed by atoms with Crippen LogP contribution in [0.1, 0.15) is 0 Å². The number of nitrogens with zero attached hydrogens (tertiary/aromatic N) is 4. The normalized spacial score (nSPS) is 17.9.